The molecule has 1 saturated heterocycles. The van der Waals surface area contributed by atoms with Crippen LogP contribution in [0.15, 0.2) is 0 Å². The van der Waals surface area contributed by atoms with Gasteiger partial charge in [-0.3, -0.25) is 9.59 Å². The Bertz CT molecular complexity index is 358. The van der Waals surface area contributed by atoms with Crippen LogP contribution in [-0.2, 0) is 14.4 Å². The van der Waals surface area contributed by atoms with Crippen LogP contribution in [0.5, 0.6) is 0 Å². The minimum absolute atomic E-state index is 0.0715. The van der Waals surface area contributed by atoms with Crippen LogP contribution < -0.4 is 10.6 Å². The Labute approximate surface area is 121 Å². The summed E-state index contributed by atoms with van der Waals surface area (Å²) >= 11 is 1.76. The first-order valence-corrected chi connectivity index (χ1v) is 7.69. The fraction of sp³-hybridized carbons (Fsp3) is 0.750. The minimum Gasteiger partial charge on any atom is -0.481 e. The number of aliphatic carboxylic acids is 2. The van der Waals surface area contributed by atoms with Crippen LogP contribution in [0, 0.1) is 0 Å². The standard InChI is InChI=1S/C12H20N2O5S/c15-10(6-8-7-20-5-4-13-8)14-9(12(18)19)2-1-3-11(16)17/h8-9,13H,1-7H2,(H,14,15)(H,16,17)(H,18,19)/t8?,9-/m1/s1. The summed E-state index contributed by atoms with van der Waals surface area (Å²) in [6.07, 6.45) is 0.501. The molecular weight excluding hydrogens is 284 g/mol. The number of carbonyl (C=O) groups excluding carboxylic acids is 1. The minimum atomic E-state index is -1.13. The third kappa shape index (κ3) is 6.76. The number of carboxylic acid groups (broad SMARTS) is 2. The lowest BCUT2D eigenvalue weighted by molar-refractivity contribution is -0.142. The highest BCUT2D eigenvalue weighted by atomic mass is 32.2. The smallest absolute Gasteiger partial charge is 0.326 e. The van der Waals surface area contributed by atoms with Crippen molar-refractivity contribution in [2.75, 3.05) is 18.1 Å². The van der Waals surface area contributed by atoms with E-state index in [0.717, 1.165) is 18.1 Å². The molecule has 0 bridgehead atoms. The molecule has 0 aromatic rings. The largest absolute Gasteiger partial charge is 0.481 e. The monoisotopic (exact) mass is 304 g/mol. The van der Waals surface area contributed by atoms with Gasteiger partial charge in [0.15, 0.2) is 0 Å². The number of hydrogen-bond donors (Lipinski definition) is 4. The molecule has 1 rings (SSSR count). The first kappa shape index (κ1) is 16.8. The van der Waals surface area contributed by atoms with Crippen molar-refractivity contribution in [1.29, 1.82) is 0 Å². The molecule has 0 aromatic heterocycles. The summed E-state index contributed by atoms with van der Waals surface area (Å²) in [4.78, 5) is 33.2. The molecule has 2 atom stereocenters. The first-order valence-electron chi connectivity index (χ1n) is 6.54. The molecule has 1 aliphatic rings. The summed E-state index contributed by atoms with van der Waals surface area (Å²) in [7, 11) is 0. The van der Waals surface area contributed by atoms with Crippen molar-refractivity contribution in [3.8, 4) is 0 Å². The van der Waals surface area contributed by atoms with E-state index in [4.69, 9.17) is 10.2 Å². The molecule has 20 heavy (non-hydrogen) atoms. The maximum absolute atomic E-state index is 11.8. The van der Waals surface area contributed by atoms with Gasteiger partial charge >= 0.3 is 11.9 Å². The van der Waals surface area contributed by atoms with Gasteiger partial charge in [-0.1, -0.05) is 0 Å². The van der Waals surface area contributed by atoms with E-state index in [1.165, 1.54) is 0 Å². The summed E-state index contributed by atoms with van der Waals surface area (Å²) in [5, 5.41) is 23.2. The third-order valence-electron chi connectivity index (χ3n) is 2.95. The second kappa shape index (κ2) is 8.80. The maximum atomic E-state index is 11.8. The second-order valence-electron chi connectivity index (χ2n) is 4.67. The summed E-state index contributed by atoms with van der Waals surface area (Å²) in [5.41, 5.74) is 0. The molecule has 0 aliphatic carbocycles. The van der Waals surface area contributed by atoms with Crippen LogP contribution in [0.2, 0.25) is 0 Å². The quantitative estimate of drug-likeness (QED) is 0.495. The van der Waals surface area contributed by atoms with Gasteiger partial charge in [0, 0.05) is 36.9 Å². The Morgan fingerprint density at radius 1 is 1.35 bits per heavy atom. The molecule has 1 fully saturated rings. The second-order valence-corrected chi connectivity index (χ2v) is 5.82. The highest BCUT2D eigenvalue weighted by Gasteiger charge is 2.22. The normalized spacial score (nSPS) is 20.1. The van der Waals surface area contributed by atoms with Crippen molar-refractivity contribution in [3.63, 3.8) is 0 Å². The van der Waals surface area contributed by atoms with E-state index in [0.29, 0.717) is 0 Å². The molecular formula is C12H20N2O5S. The van der Waals surface area contributed by atoms with E-state index in [1.807, 2.05) is 0 Å². The molecule has 7 nitrogen and oxygen atoms in total. The Morgan fingerprint density at radius 2 is 2.10 bits per heavy atom. The average Bonchev–Trinajstić information content (AvgIpc) is 2.38. The van der Waals surface area contributed by atoms with Gasteiger partial charge in [-0.2, -0.15) is 11.8 Å². The SMILES string of the molecule is O=C(O)CCC[C@@H](NC(=O)CC1CSCCN1)C(=O)O. The van der Waals surface area contributed by atoms with E-state index < -0.39 is 18.0 Å². The molecule has 0 spiro atoms. The van der Waals surface area contributed by atoms with Crippen molar-refractivity contribution < 1.29 is 24.6 Å². The van der Waals surface area contributed by atoms with Crippen LogP contribution in [0.4, 0.5) is 0 Å². The van der Waals surface area contributed by atoms with Crippen molar-refractivity contribution in [3.05, 3.63) is 0 Å². The van der Waals surface area contributed by atoms with Crippen molar-refractivity contribution >= 4 is 29.6 Å². The number of amides is 1. The predicted molar refractivity (Wildman–Crippen MR) is 74.8 cm³/mol. The zero-order valence-corrected chi connectivity index (χ0v) is 11.9. The van der Waals surface area contributed by atoms with E-state index >= 15 is 0 Å². The molecule has 0 radical (unpaired) electrons. The number of rotatable bonds is 8. The van der Waals surface area contributed by atoms with Crippen molar-refractivity contribution in [1.82, 2.24) is 10.6 Å². The lowest BCUT2D eigenvalue weighted by atomic mass is 10.1. The number of carboxylic acids is 2. The van der Waals surface area contributed by atoms with Gasteiger partial charge in [0.05, 0.1) is 0 Å². The lowest BCUT2D eigenvalue weighted by Crippen LogP contribution is -2.45. The van der Waals surface area contributed by atoms with E-state index in [1.54, 1.807) is 11.8 Å². The molecule has 114 valence electrons. The van der Waals surface area contributed by atoms with E-state index in [2.05, 4.69) is 10.6 Å². The summed E-state index contributed by atoms with van der Waals surface area (Å²) in [6, 6.07) is -0.944. The van der Waals surface area contributed by atoms with Gasteiger partial charge < -0.3 is 20.8 Å². The van der Waals surface area contributed by atoms with E-state index in [9.17, 15) is 14.4 Å². The van der Waals surface area contributed by atoms with E-state index in [-0.39, 0.29) is 37.6 Å². The highest BCUT2D eigenvalue weighted by Crippen LogP contribution is 2.10. The Balaban J connectivity index is 2.33. The Hall–Kier alpha value is -1.28. The topological polar surface area (TPSA) is 116 Å². The Morgan fingerprint density at radius 3 is 2.65 bits per heavy atom. The van der Waals surface area contributed by atoms with Crippen LogP contribution >= 0.6 is 11.8 Å². The lowest BCUT2D eigenvalue weighted by Gasteiger charge is -2.23. The van der Waals surface area contributed by atoms with Crippen LogP contribution in [0.1, 0.15) is 25.7 Å². The molecule has 0 saturated carbocycles. The molecule has 1 unspecified atom stereocenters. The zero-order valence-electron chi connectivity index (χ0n) is 11.1. The number of nitrogens with one attached hydrogen (secondary N) is 2. The zero-order chi connectivity index (χ0) is 15.0. The van der Waals surface area contributed by atoms with Crippen molar-refractivity contribution in [2.45, 2.75) is 37.8 Å². The van der Waals surface area contributed by atoms with Crippen molar-refractivity contribution in [2.24, 2.45) is 0 Å². The summed E-state index contributed by atoms with van der Waals surface area (Å²) < 4.78 is 0. The molecule has 0 aromatic carbocycles. The van der Waals surface area contributed by atoms with Crippen LogP contribution in [0.3, 0.4) is 0 Å². The third-order valence-corrected chi connectivity index (χ3v) is 4.08. The highest BCUT2D eigenvalue weighted by molar-refractivity contribution is 7.99. The van der Waals surface area contributed by atoms with Gasteiger partial charge in [-0.05, 0) is 12.8 Å². The van der Waals surface area contributed by atoms with Gasteiger partial charge in [-0.25, -0.2) is 4.79 Å². The van der Waals surface area contributed by atoms with Gasteiger partial charge in [0.25, 0.3) is 0 Å². The van der Waals surface area contributed by atoms with Gasteiger partial charge in [0.1, 0.15) is 6.04 Å². The van der Waals surface area contributed by atoms with Crippen LogP contribution in [-0.4, -0.2) is 58.2 Å². The summed E-state index contributed by atoms with van der Waals surface area (Å²) in [5.74, 6) is -0.554. The fourth-order valence-corrected chi connectivity index (χ4v) is 2.89. The van der Waals surface area contributed by atoms with Gasteiger partial charge in [0.2, 0.25) is 5.91 Å². The number of hydrogen-bond acceptors (Lipinski definition) is 5. The van der Waals surface area contributed by atoms with Gasteiger partial charge in [-0.15, -0.1) is 0 Å². The number of carbonyl (C=O) groups is 3. The van der Waals surface area contributed by atoms with Crippen LogP contribution in [0.25, 0.3) is 0 Å². The fourth-order valence-electron chi connectivity index (χ4n) is 1.94. The molecule has 4 N–H and O–H groups in total. The molecule has 8 heteroatoms. The Kier molecular flexibility index (Phi) is 7.38. The maximum Gasteiger partial charge on any atom is 0.326 e. The summed E-state index contributed by atoms with van der Waals surface area (Å²) in [6.45, 7) is 0.851. The molecule has 1 aliphatic heterocycles. The average molecular weight is 304 g/mol. The first-order chi connectivity index (χ1) is 9.49. The molecule has 1 heterocycles. The number of thioether (sulfide) groups is 1. The predicted octanol–water partition coefficient (Wildman–Crippen LogP) is -0.0942. The molecule has 1 amide bonds.